The van der Waals surface area contributed by atoms with Crippen molar-refractivity contribution in [2.75, 3.05) is 33.4 Å². The van der Waals surface area contributed by atoms with Crippen molar-refractivity contribution >= 4 is 40.0 Å². The van der Waals surface area contributed by atoms with E-state index in [0.717, 1.165) is 49.6 Å². The minimum Gasteiger partial charge on any atom is -0.375 e. The first-order chi connectivity index (χ1) is 14.4. The van der Waals surface area contributed by atoms with Crippen molar-refractivity contribution in [3.8, 4) is 0 Å². The maximum absolute atomic E-state index is 12.4. The maximum atomic E-state index is 12.4. The smallest absolute Gasteiger partial charge is 0.216 e. The Bertz CT molecular complexity index is 828. The summed E-state index contributed by atoms with van der Waals surface area (Å²) in [6.45, 7) is 7.09. The highest BCUT2D eigenvalue weighted by Gasteiger charge is 2.32. The molecule has 0 amide bonds. The Morgan fingerprint density at radius 3 is 2.55 bits per heavy atom. The number of halogens is 1. The molecule has 0 aliphatic carbocycles. The zero-order valence-electron chi connectivity index (χ0n) is 18.5. The Morgan fingerprint density at radius 1 is 1.19 bits per heavy atom. The number of morpholine rings is 1. The fraction of sp³-hybridized carbons (Fsp3) is 0.667. The topological polar surface area (TPSA) is 92.3 Å². The molecule has 0 saturated carbocycles. The van der Waals surface area contributed by atoms with Gasteiger partial charge in [-0.2, -0.15) is 0 Å². The molecule has 1 aromatic rings. The second-order valence-electron chi connectivity index (χ2n) is 8.11. The van der Waals surface area contributed by atoms with Gasteiger partial charge in [-0.3, -0.25) is 4.99 Å². The minimum atomic E-state index is -3.39. The molecule has 2 aliphatic heterocycles. The Hall–Kier alpha value is -0.950. The van der Waals surface area contributed by atoms with Crippen LogP contribution >= 0.6 is 24.0 Å². The van der Waals surface area contributed by atoms with E-state index in [9.17, 15) is 8.42 Å². The van der Waals surface area contributed by atoms with Crippen LogP contribution < -0.4 is 10.0 Å². The van der Waals surface area contributed by atoms with Gasteiger partial charge in [-0.15, -0.1) is 24.0 Å². The SMILES string of the molecule is CN=C(NCc1ccccc1CS(=O)(=O)NC(C)C)N1CCOC(C2CCCO2)C1.I. The molecule has 2 saturated heterocycles. The Morgan fingerprint density at radius 2 is 1.90 bits per heavy atom. The van der Waals surface area contributed by atoms with Crippen LogP contribution in [0.15, 0.2) is 29.3 Å². The van der Waals surface area contributed by atoms with Gasteiger partial charge in [0.1, 0.15) is 6.10 Å². The number of benzene rings is 1. The van der Waals surface area contributed by atoms with Crippen molar-refractivity contribution in [2.45, 2.75) is 57.2 Å². The summed E-state index contributed by atoms with van der Waals surface area (Å²) in [4.78, 5) is 6.63. The average molecular weight is 567 g/mol. The van der Waals surface area contributed by atoms with Crippen molar-refractivity contribution in [3.63, 3.8) is 0 Å². The molecule has 10 heteroatoms. The first-order valence-electron chi connectivity index (χ1n) is 10.6. The number of ether oxygens (including phenoxy) is 2. The van der Waals surface area contributed by atoms with Crippen LogP contribution in [0.5, 0.6) is 0 Å². The molecule has 0 bridgehead atoms. The third-order valence-corrected chi connectivity index (χ3v) is 6.82. The normalized spacial score (nSPS) is 22.5. The fourth-order valence-corrected chi connectivity index (χ4v) is 5.46. The molecule has 0 aromatic heterocycles. The van der Waals surface area contributed by atoms with Crippen LogP contribution in [0.3, 0.4) is 0 Å². The Labute approximate surface area is 203 Å². The van der Waals surface area contributed by atoms with E-state index in [1.807, 2.05) is 38.1 Å². The van der Waals surface area contributed by atoms with E-state index in [1.165, 1.54) is 0 Å². The van der Waals surface area contributed by atoms with Gasteiger partial charge in [0.2, 0.25) is 10.0 Å². The molecule has 0 radical (unpaired) electrons. The lowest BCUT2D eigenvalue weighted by atomic mass is 10.1. The summed E-state index contributed by atoms with van der Waals surface area (Å²) in [6.07, 6.45) is 2.34. The molecule has 2 atom stereocenters. The van der Waals surface area contributed by atoms with Crippen molar-refractivity contribution < 1.29 is 17.9 Å². The van der Waals surface area contributed by atoms with Crippen molar-refractivity contribution in [2.24, 2.45) is 4.99 Å². The van der Waals surface area contributed by atoms with Crippen LogP contribution in [-0.4, -0.2) is 70.9 Å². The summed E-state index contributed by atoms with van der Waals surface area (Å²) in [5.41, 5.74) is 1.73. The number of nitrogens with zero attached hydrogens (tertiary/aromatic N) is 2. The quantitative estimate of drug-likeness (QED) is 0.299. The highest BCUT2D eigenvalue weighted by Crippen LogP contribution is 2.21. The zero-order valence-corrected chi connectivity index (χ0v) is 21.7. The summed E-state index contributed by atoms with van der Waals surface area (Å²) < 4.78 is 39.1. The van der Waals surface area contributed by atoms with Gasteiger partial charge in [0.25, 0.3) is 0 Å². The highest BCUT2D eigenvalue weighted by atomic mass is 127. The number of aliphatic imine (C=N–C) groups is 1. The zero-order chi connectivity index (χ0) is 21.6. The van der Waals surface area contributed by atoms with Crippen LogP contribution in [0.4, 0.5) is 0 Å². The molecule has 0 spiro atoms. The standard InChI is InChI=1S/C21H34N4O4S.HI/c1-16(2)24-30(26,27)15-18-8-5-4-7-17(18)13-23-21(22-3)25-10-12-29-20(14-25)19-9-6-11-28-19;/h4-5,7-8,16,19-20,24H,6,9-15H2,1-3H3,(H,22,23);1H. The first kappa shape index (κ1) is 26.3. The largest absolute Gasteiger partial charge is 0.375 e. The van der Waals surface area contributed by atoms with Crippen molar-refractivity contribution in [1.82, 2.24) is 14.9 Å². The van der Waals surface area contributed by atoms with E-state index < -0.39 is 10.0 Å². The van der Waals surface area contributed by atoms with Gasteiger partial charge in [-0.05, 0) is 37.8 Å². The average Bonchev–Trinajstić information content (AvgIpc) is 3.23. The number of hydrogen-bond acceptors (Lipinski definition) is 5. The summed E-state index contributed by atoms with van der Waals surface area (Å²) >= 11 is 0. The molecule has 2 unspecified atom stereocenters. The predicted octanol–water partition coefficient (Wildman–Crippen LogP) is 2.09. The second-order valence-corrected chi connectivity index (χ2v) is 9.86. The van der Waals surface area contributed by atoms with Gasteiger partial charge in [-0.25, -0.2) is 13.1 Å². The molecular formula is C21H35IN4O4S. The lowest BCUT2D eigenvalue weighted by Crippen LogP contribution is -2.53. The van der Waals surface area contributed by atoms with E-state index in [2.05, 4.69) is 19.9 Å². The molecule has 3 rings (SSSR count). The first-order valence-corrected chi connectivity index (χ1v) is 12.3. The monoisotopic (exact) mass is 566 g/mol. The number of rotatable bonds is 7. The number of sulfonamides is 1. The lowest BCUT2D eigenvalue weighted by molar-refractivity contribution is -0.0817. The van der Waals surface area contributed by atoms with Crippen LogP contribution in [0.2, 0.25) is 0 Å². The maximum Gasteiger partial charge on any atom is 0.216 e. The highest BCUT2D eigenvalue weighted by molar-refractivity contribution is 14.0. The van der Waals surface area contributed by atoms with E-state index in [-0.39, 0.29) is 48.0 Å². The van der Waals surface area contributed by atoms with Gasteiger partial charge in [-0.1, -0.05) is 24.3 Å². The van der Waals surface area contributed by atoms with Crippen LogP contribution in [0.25, 0.3) is 0 Å². The number of guanidine groups is 1. The molecule has 176 valence electrons. The molecule has 2 aliphatic rings. The fourth-order valence-electron chi connectivity index (χ4n) is 3.97. The number of nitrogens with one attached hydrogen (secondary N) is 2. The van der Waals surface area contributed by atoms with Crippen LogP contribution in [-0.2, 0) is 31.8 Å². The van der Waals surface area contributed by atoms with Crippen molar-refractivity contribution in [1.29, 1.82) is 0 Å². The third-order valence-electron chi connectivity index (χ3n) is 5.30. The second kappa shape index (κ2) is 12.3. The summed E-state index contributed by atoms with van der Waals surface area (Å²) in [6, 6.07) is 7.48. The summed E-state index contributed by atoms with van der Waals surface area (Å²) in [7, 11) is -1.62. The molecular weight excluding hydrogens is 531 g/mol. The summed E-state index contributed by atoms with van der Waals surface area (Å²) in [5, 5.41) is 3.40. The van der Waals surface area contributed by atoms with E-state index in [0.29, 0.717) is 13.2 Å². The summed E-state index contributed by atoms with van der Waals surface area (Å²) in [5.74, 6) is 0.750. The molecule has 2 heterocycles. The minimum absolute atomic E-state index is 0. The van der Waals surface area contributed by atoms with Crippen LogP contribution in [0, 0.1) is 0 Å². The van der Waals surface area contributed by atoms with Gasteiger partial charge in [0.15, 0.2) is 5.96 Å². The van der Waals surface area contributed by atoms with Gasteiger partial charge < -0.3 is 19.7 Å². The van der Waals surface area contributed by atoms with Crippen molar-refractivity contribution in [3.05, 3.63) is 35.4 Å². The van der Waals surface area contributed by atoms with E-state index in [4.69, 9.17) is 9.47 Å². The van der Waals surface area contributed by atoms with E-state index >= 15 is 0 Å². The molecule has 2 N–H and O–H groups in total. The Kier molecular flexibility index (Phi) is 10.5. The predicted molar refractivity (Wildman–Crippen MR) is 133 cm³/mol. The molecule has 1 aromatic carbocycles. The van der Waals surface area contributed by atoms with Crippen LogP contribution in [0.1, 0.15) is 37.8 Å². The third kappa shape index (κ3) is 7.85. The Balaban J connectivity index is 0.00000341. The van der Waals surface area contributed by atoms with Gasteiger partial charge in [0, 0.05) is 39.3 Å². The van der Waals surface area contributed by atoms with Gasteiger partial charge in [0.05, 0.1) is 18.5 Å². The number of hydrogen-bond donors (Lipinski definition) is 2. The molecule has 31 heavy (non-hydrogen) atoms. The lowest BCUT2D eigenvalue weighted by Gasteiger charge is -2.37. The van der Waals surface area contributed by atoms with E-state index in [1.54, 1.807) is 7.05 Å². The molecule has 2 fully saturated rings. The van der Waals surface area contributed by atoms with Gasteiger partial charge >= 0.3 is 0 Å². The molecule has 8 nitrogen and oxygen atoms in total.